The Morgan fingerprint density at radius 1 is 1.05 bits per heavy atom. The normalized spacial score (nSPS) is 14.0. The third kappa shape index (κ3) is 3.31. The van der Waals surface area contributed by atoms with Gasteiger partial charge in [-0.3, -0.25) is 0 Å². The fourth-order valence-corrected chi connectivity index (χ4v) is 2.30. The van der Waals surface area contributed by atoms with Crippen LogP contribution in [0.4, 0.5) is 10.5 Å². The van der Waals surface area contributed by atoms with Crippen LogP contribution in [0.15, 0.2) is 48.5 Å². The van der Waals surface area contributed by atoms with Gasteiger partial charge in [0.05, 0.1) is 6.04 Å². The quantitative estimate of drug-likeness (QED) is 0.913. The summed E-state index contributed by atoms with van der Waals surface area (Å²) < 4.78 is 11.1. The van der Waals surface area contributed by atoms with E-state index in [0.29, 0.717) is 13.2 Å². The number of urea groups is 1. The third-order valence-corrected chi connectivity index (χ3v) is 3.45. The zero-order valence-corrected chi connectivity index (χ0v) is 12.3. The van der Waals surface area contributed by atoms with Crippen LogP contribution in [0, 0.1) is 0 Å². The zero-order chi connectivity index (χ0) is 15.4. The Balaban J connectivity index is 1.64. The summed E-state index contributed by atoms with van der Waals surface area (Å²) >= 11 is 0. The molecular weight excluding hydrogens is 280 g/mol. The van der Waals surface area contributed by atoms with Gasteiger partial charge in [0, 0.05) is 5.69 Å². The number of fused-ring (bicyclic) bond motifs is 1. The molecule has 0 spiro atoms. The summed E-state index contributed by atoms with van der Waals surface area (Å²) in [5, 5.41) is 5.70. The van der Waals surface area contributed by atoms with Crippen LogP contribution in [0.25, 0.3) is 0 Å². The predicted molar refractivity (Wildman–Crippen MR) is 84.4 cm³/mol. The number of amides is 2. The number of carbonyl (C=O) groups is 1. The van der Waals surface area contributed by atoms with Gasteiger partial charge in [-0.1, -0.05) is 24.3 Å². The minimum absolute atomic E-state index is 0.139. The lowest BCUT2D eigenvalue weighted by atomic mass is 10.1. The van der Waals surface area contributed by atoms with Crippen molar-refractivity contribution in [3.8, 4) is 11.5 Å². The molecule has 0 fully saturated rings. The first kappa shape index (κ1) is 14.3. The van der Waals surface area contributed by atoms with E-state index in [1.165, 1.54) is 0 Å². The molecule has 0 radical (unpaired) electrons. The summed E-state index contributed by atoms with van der Waals surface area (Å²) in [5.74, 6) is 1.47. The van der Waals surface area contributed by atoms with Crippen LogP contribution in [0.3, 0.4) is 0 Å². The summed E-state index contributed by atoms with van der Waals surface area (Å²) in [5.41, 5.74) is 1.72. The molecule has 0 saturated heterocycles. The standard InChI is InChI=1S/C17H18N2O3/c1-12(18-17(20)19-14-5-3-2-4-6-14)13-7-8-15-16(11-13)22-10-9-21-15/h2-8,11-12H,9-10H2,1H3,(H2,18,19,20). The van der Waals surface area contributed by atoms with Gasteiger partial charge in [0.25, 0.3) is 0 Å². The molecule has 5 heteroatoms. The maximum Gasteiger partial charge on any atom is 0.319 e. The van der Waals surface area contributed by atoms with Crippen molar-refractivity contribution in [2.75, 3.05) is 18.5 Å². The first-order chi connectivity index (χ1) is 10.7. The second kappa shape index (κ2) is 6.39. The largest absolute Gasteiger partial charge is 0.486 e. The molecule has 1 atom stereocenters. The number of para-hydroxylation sites is 1. The minimum Gasteiger partial charge on any atom is -0.486 e. The number of hydrogen-bond donors (Lipinski definition) is 2. The van der Waals surface area contributed by atoms with Gasteiger partial charge < -0.3 is 20.1 Å². The Morgan fingerprint density at radius 3 is 2.55 bits per heavy atom. The molecule has 0 aromatic heterocycles. The number of nitrogens with one attached hydrogen (secondary N) is 2. The summed E-state index contributed by atoms with van der Waals surface area (Å²) in [7, 11) is 0. The minimum atomic E-state index is -0.242. The fraction of sp³-hybridized carbons (Fsp3) is 0.235. The lowest BCUT2D eigenvalue weighted by Gasteiger charge is -2.21. The molecule has 3 rings (SSSR count). The average Bonchev–Trinajstić information content (AvgIpc) is 2.55. The Bertz CT molecular complexity index is 658. The summed E-state index contributed by atoms with van der Waals surface area (Å²) in [6.07, 6.45) is 0. The molecule has 1 aliphatic rings. The Kier molecular flexibility index (Phi) is 4.14. The number of benzene rings is 2. The highest BCUT2D eigenvalue weighted by atomic mass is 16.6. The van der Waals surface area contributed by atoms with Crippen LogP contribution in [0.1, 0.15) is 18.5 Å². The number of carbonyl (C=O) groups excluding carboxylic acids is 1. The molecule has 22 heavy (non-hydrogen) atoms. The number of anilines is 1. The van der Waals surface area contributed by atoms with Crippen molar-refractivity contribution in [3.63, 3.8) is 0 Å². The molecule has 0 bridgehead atoms. The van der Waals surface area contributed by atoms with Crippen LogP contribution in [-0.2, 0) is 0 Å². The van der Waals surface area contributed by atoms with Crippen molar-refractivity contribution in [2.45, 2.75) is 13.0 Å². The average molecular weight is 298 g/mol. The van der Waals surface area contributed by atoms with E-state index in [4.69, 9.17) is 9.47 Å². The topological polar surface area (TPSA) is 59.6 Å². The number of rotatable bonds is 3. The van der Waals surface area contributed by atoms with E-state index in [9.17, 15) is 4.79 Å². The summed E-state index contributed by atoms with van der Waals surface area (Å²) in [4.78, 5) is 12.0. The Labute approximate surface area is 129 Å². The van der Waals surface area contributed by atoms with Crippen molar-refractivity contribution in [1.82, 2.24) is 5.32 Å². The molecular formula is C17H18N2O3. The van der Waals surface area contributed by atoms with Crippen LogP contribution in [0.2, 0.25) is 0 Å². The van der Waals surface area contributed by atoms with Crippen LogP contribution in [0.5, 0.6) is 11.5 Å². The molecule has 2 aromatic rings. The van der Waals surface area contributed by atoms with Crippen molar-refractivity contribution in [1.29, 1.82) is 0 Å². The van der Waals surface area contributed by atoms with Crippen LogP contribution in [-0.4, -0.2) is 19.2 Å². The van der Waals surface area contributed by atoms with E-state index >= 15 is 0 Å². The zero-order valence-electron chi connectivity index (χ0n) is 12.3. The van der Waals surface area contributed by atoms with Gasteiger partial charge in [-0.15, -0.1) is 0 Å². The number of hydrogen-bond acceptors (Lipinski definition) is 3. The molecule has 0 aliphatic carbocycles. The molecule has 114 valence electrons. The van der Waals surface area contributed by atoms with E-state index < -0.39 is 0 Å². The highest BCUT2D eigenvalue weighted by Gasteiger charge is 2.15. The first-order valence-electron chi connectivity index (χ1n) is 7.24. The lowest BCUT2D eigenvalue weighted by Crippen LogP contribution is -2.31. The second-order valence-electron chi connectivity index (χ2n) is 5.09. The highest BCUT2D eigenvalue weighted by Crippen LogP contribution is 2.32. The maximum absolute atomic E-state index is 12.0. The van der Waals surface area contributed by atoms with E-state index in [1.807, 2.05) is 55.5 Å². The number of ether oxygens (including phenoxy) is 2. The predicted octanol–water partition coefficient (Wildman–Crippen LogP) is 3.34. The molecule has 2 amide bonds. The van der Waals surface area contributed by atoms with E-state index in [1.54, 1.807) is 0 Å². The van der Waals surface area contributed by atoms with Crippen molar-refractivity contribution >= 4 is 11.7 Å². The van der Waals surface area contributed by atoms with Gasteiger partial charge in [-0.2, -0.15) is 0 Å². The SMILES string of the molecule is CC(NC(=O)Nc1ccccc1)c1ccc2c(c1)OCCO2. The Morgan fingerprint density at radius 2 is 1.77 bits per heavy atom. The van der Waals surface area contributed by atoms with Gasteiger partial charge in [-0.25, -0.2) is 4.79 Å². The van der Waals surface area contributed by atoms with Crippen molar-refractivity contribution in [2.24, 2.45) is 0 Å². The van der Waals surface area contributed by atoms with Gasteiger partial charge in [-0.05, 0) is 36.8 Å². The molecule has 1 unspecified atom stereocenters. The van der Waals surface area contributed by atoms with Crippen molar-refractivity contribution < 1.29 is 14.3 Å². The fourth-order valence-electron chi connectivity index (χ4n) is 2.30. The molecule has 0 saturated carbocycles. The third-order valence-electron chi connectivity index (χ3n) is 3.45. The summed E-state index contributed by atoms with van der Waals surface area (Å²) in [6, 6.07) is 14.7. The smallest absolute Gasteiger partial charge is 0.319 e. The molecule has 1 heterocycles. The molecule has 1 aliphatic heterocycles. The van der Waals surface area contributed by atoms with E-state index in [-0.39, 0.29) is 12.1 Å². The van der Waals surface area contributed by atoms with Crippen LogP contribution < -0.4 is 20.1 Å². The van der Waals surface area contributed by atoms with E-state index in [2.05, 4.69) is 10.6 Å². The lowest BCUT2D eigenvalue weighted by molar-refractivity contribution is 0.171. The van der Waals surface area contributed by atoms with Gasteiger partial charge in [0.2, 0.25) is 0 Å². The van der Waals surface area contributed by atoms with Gasteiger partial charge in [0.15, 0.2) is 11.5 Å². The molecule has 2 aromatic carbocycles. The second-order valence-corrected chi connectivity index (χ2v) is 5.09. The van der Waals surface area contributed by atoms with E-state index in [0.717, 1.165) is 22.7 Å². The first-order valence-corrected chi connectivity index (χ1v) is 7.24. The maximum atomic E-state index is 12.0. The monoisotopic (exact) mass is 298 g/mol. The highest BCUT2D eigenvalue weighted by molar-refractivity contribution is 5.89. The molecule has 5 nitrogen and oxygen atoms in total. The Hall–Kier alpha value is -2.69. The van der Waals surface area contributed by atoms with Gasteiger partial charge in [0.1, 0.15) is 13.2 Å². The van der Waals surface area contributed by atoms with Crippen LogP contribution >= 0.6 is 0 Å². The van der Waals surface area contributed by atoms with Gasteiger partial charge >= 0.3 is 6.03 Å². The van der Waals surface area contributed by atoms with Crippen molar-refractivity contribution in [3.05, 3.63) is 54.1 Å². The molecule has 2 N–H and O–H groups in total. The summed E-state index contributed by atoms with van der Waals surface area (Å²) in [6.45, 7) is 3.04.